The standard InChI is InChI=1S/C8H18ClNO2S/c1-8(2)4-7-13(11,12)10-6-3-5-9/h8,10H,3-7H2,1-2H3. The maximum Gasteiger partial charge on any atom is 0.211 e. The van der Waals surface area contributed by atoms with Gasteiger partial charge in [0.2, 0.25) is 10.0 Å². The maximum absolute atomic E-state index is 11.3. The van der Waals surface area contributed by atoms with Crippen LogP contribution in [0.25, 0.3) is 0 Å². The van der Waals surface area contributed by atoms with E-state index in [1.165, 1.54) is 0 Å². The van der Waals surface area contributed by atoms with Gasteiger partial charge in [0.05, 0.1) is 5.75 Å². The second kappa shape index (κ2) is 6.62. The van der Waals surface area contributed by atoms with Crippen molar-refractivity contribution in [3.63, 3.8) is 0 Å². The van der Waals surface area contributed by atoms with Gasteiger partial charge in [-0.15, -0.1) is 11.6 Å². The average molecular weight is 228 g/mol. The minimum absolute atomic E-state index is 0.215. The Balaban J connectivity index is 3.68. The Morgan fingerprint density at radius 1 is 1.38 bits per heavy atom. The molecule has 0 aliphatic rings. The van der Waals surface area contributed by atoms with Gasteiger partial charge in [0.15, 0.2) is 0 Å². The predicted octanol–water partition coefficient (Wildman–Crippen LogP) is 1.58. The number of hydrogen-bond donors (Lipinski definition) is 1. The van der Waals surface area contributed by atoms with Crippen LogP contribution in [-0.2, 0) is 10.0 Å². The second-order valence-electron chi connectivity index (χ2n) is 3.44. The average Bonchev–Trinajstić information content (AvgIpc) is 2.02. The van der Waals surface area contributed by atoms with Crippen molar-refractivity contribution in [3.8, 4) is 0 Å². The van der Waals surface area contributed by atoms with Crippen molar-refractivity contribution in [2.75, 3.05) is 18.2 Å². The lowest BCUT2D eigenvalue weighted by Crippen LogP contribution is -2.28. The lowest BCUT2D eigenvalue weighted by atomic mass is 10.2. The second-order valence-corrected chi connectivity index (χ2v) is 5.74. The molecule has 0 aromatic carbocycles. The smallest absolute Gasteiger partial charge is 0.211 e. The van der Waals surface area contributed by atoms with Crippen LogP contribution in [-0.4, -0.2) is 26.6 Å². The molecule has 0 amide bonds. The van der Waals surface area contributed by atoms with Crippen molar-refractivity contribution in [1.82, 2.24) is 4.72 Å². The summed E-state index contributed by atoms with van der Waals surface area (Å²) in [5.41, 5.74) is 0. The molecule has 0 aromatic rings. The van der Waals surface area contributed by atoms with Gasteiger partial charge in [-0.3, -0.25) is 0 Å². The summed E-state index contributed by atoms with van der Waals surface area (Å²) in [7, 11) is -3.06. The van der Waals surface area contributed by atoms with Crippen LogP contribution in [0.1, 0.15) is 26.7 Å². The molecule has 0 saturated carbocycles. The monoisotopic (exact) mass is 227 g/mol. The number of sulfonamides is 1. The molecule has 13 heavy (non-hydrogen) atoms. The molecule has 0 fully saturated rings. The van der Waals surface area contributed by atoms with Crippen molar-refractivity contribution in [2.24, 2.45) is 5.92 Å². The number of alkyl halides is 1. The van der Waals surface area contributed by atoms with Gasteiger partial charge in [-0.1, -0.05) is 13.8 Å². The van der Waals surface area contributed by atoms with E-state index in [0.717, 1.165) is 0 Å². The molecule has 0 heterocycles. The minimum Gasteiger partial charge on any atom is -0.215 e. The molecule has 0 aliphatic heterocycles. The Labute approximate surface area is 85.9 Å². The molecule has 0 unspecified atom stereocenters. The van der Waals surface area contributed by atoms with E-state index in [1.54, 1.807) is 0 Å². The van der Waals surface area contributed by atoms with Crippen LogP contribution >= 0.6 is 11.6 Å². The molecule has 0 aliphatic carbocycles. The Bertz CT molecular complexity index is 214. The zero-order valence-electron chi connectivity index (χ0n) is 8.22. The first-order valence-electron chi connectivity index (χ1n) is 4.51. The highest BCUT2D eigenvalue weighted by atomic mass is 35.5. The fourth-order valence-electron chi connectivity index (χ4n) is 0.758. The number of rotatable bonds is 7. The van der Waals surface area contributed by atoms with Crippen molar-refractivity contribution >= 4 is 21.6 Å². The minimum atomic E-state index is -3.06. The molecule has 0 spiro atoms. The summed E-state index contributed by atoms with van der Waals surface area (Å²) >= 11 is 5.42. The van der Waals surface area contributed by atoms with E-state index in [2.05, 4.69) is 4.72 Å². The summed E-state index contributed by atoms with van der Waals surface area (Å²) < 4.78 is 25.0. The topological polar surface area (TPSA) is 46.2 Å². The highest BCUT2D eigenvalue weighted by molar-refractivity contribution is 7.89. The Morgan fingerprint density at radius 3 is 2.46 bits per heavy atom. The van der Waals surface area contributed by atoms with E-state index in [4.69, 9.17) is 11.6 Å². The first-order chi connectivity index (χ1) is 5.98. The van der Waals surface area contributed by atoms with Crippen molar-refractivity contribution in [1.29, 1.82) is 0 Å². The molecule has 0 rings (SSSR count). The van der Waals surface area contributed by atoms with Gasteiger partial charge >= 0.3 is 0 Å². The van der Waals surface area contributed by atoms with Gasteiger partial charge < -0.3 is 0 Å². The van der Waals surface area contributed by atoms with Crippen LogP contribution < -0.4 is 4.72 Å². The molecule has 0 atom stereocenters. The van der Waals surface area contributed by atoms with Gasteiger partial charge in [0.25, 0.3) is 0 Å². The Morgan fingerprint density at radius 2 is 2.00 bits per heavy atom. The fourth-order valence-corrected chi connectivity index (χ4v) is 2.27. The Hall–Kier alpha value is 0.200. The summed E-state index contributed by atoms with van der Waals surface area (Å²) in [6.45, 7) is 4.46. The predicted molar refractivity (Wildman–Crippen MR) is 56.6 cm³/mol. The Kier molecular flexibility index (Phi) is 6.73. The molecule has 0 bridgehead atoms. The van der Waals surface area contributed by atoms with Crippen LogP contribution in [0, 0.1) is 5.92 Å². The van der Waals surface area contributed by atoms with Crippen LogP contribution in [0.3, 0.4) is 0 Å². The fraction of sp³-hybridized carbons (Fsp3) is 1.00. The zero-order valence-corrected chi connectivity index (χ0v) is 9.79. The van der Waals surface area contributed by atoms with Gasteiger partial charge in [-0.25, -0.2) is 13.1 Å². The first kappa shape index (κ1) is 13.2. The third kappa shape index (κ3) is 8.53. The number of hydrogen-bond acceptors (Lipinski definition) is 2. The van der Waals surface area contributed by atoms with Gasteiger partial charge in [0, 0.05) is 12.4 Å². The van der Waals surface area contributed by atoms with E-state index in [0.29, 0.717) is 31.2 Å². The molecule has 80 valence electrons. The van der Waals surface area contributed by atoms with E-state index < -0.39 is 10.0 Å². The summed E-state index contributed by atoms with van der Waals surface area (Å²) in [4.78, 5) is 0. The normalized spacial score (nSPS) is 12.3. The van der Waals surface area contributed by atoms with E-state index >= 15 is 0 Å². The van der Waals surface area contributed by atoms with E-state index in [9.17, 15) is 8.42 Å². The third-order valence-corrected chi connectivity index (χ3v) is 3.28. The largest absolute Gasteiger partial charge is 0.215 e. The summed E-state index contributed by atoms with van der Waals surface area (Å²) in [6.07, 6.45) is 1.39. The zero-order chi connectivity index (χ0) is 10.3. The molecular weight excluding hydrogens is 210 g/mol. The van der Waals surface area contributed by atoms with Crippen LogP contribution in [0.2, 0.25) is 0 Å². The summed E-state index contributed by atoms with van der Waals surface area (Å²) in [5, 5.41) is 0. The number of nitrogens with one attached hydrogen (secondary N) is 1. The molecular formula is C8H18ClNO2S. The molecule has 1 N–H and O–H groups in total. The molecule has 0 aromatic heterocycles. The molecule has 5 heteroatoms. The molecule has 0 saturated heterocycles. The highest BCUT2D eigenvalue weighted by Gasteiger charge is 2.09. The van der Waals surface area contributed by atoms with Crippen molar-refractivity contribution in [3.05, 3.63) is 0 Å². The highest BCUT2D eigenvalue weighted by Crippen LogP contribution is 2.01. The summed E-state index contributed by atoms with van der Waals surface area (Å²) in [5.74, 6) is 1.13. The lowest BCUT2D eigenvalue weighted by molar-refractivity contribution is 0.561. The van der Waals surface area contributed by atoms with E-state index in [1.807, 2.05) is 13.8 Å². The van der Waals surface area contributed by atoms with Gasteiger partial charge in [-0.05, 0) is 18.8 Å². The molecule has 0 radical (unpaired) electrons. The molecule has 3 nitrogen and oxygen atoms in total. The quantitative estimate of drug-likeness (QED) is 0.530. The van der Waals surface area contributed by atoms with Crippen LogP contribution in [0.5, 0.6) is 0 Å². The third-order valence-electron chi connectivity index (χ3n) is 1.60. The van der Waals surface area contributed by atoms with Gasteiger partial charge in [0.1, 0.15) is 0 Å². The number of halogens is 1. The van der Waals surface area contributed by atoms with E-state index in [-0.39, 0.29) is 5.75 Å². The van der Waals surface area contributed by atoms with Crippen molar-refractivity contribution < 1.29 is 8.42 Å². The SMILES string of the molecule is CC(C)CCS(=O)(=O)NCCCCl. The van der Waals surface area contributed by atoms with Gasteiger partial charge in [-0.2, -0.15) is 0 Å². The first-order valence-corrected chi connectivity index (χ1v) is 6.70. The summed E-state index contributed by atoms with van der Waals surface area (Å²) in [6, 6.07) is 0. The maximum atomic E-state index is 11.3. The van der Waals surface area contributed by atoms with Crippen LogP contribution in [0.15, 0.2) is 0 Å². The lowest BCUT2D eigenvalue weighted by Gasteiger charge is -2.07. The van der Waals surface area contributed by atoms with Crippen molar-refractivity contribution in [2.45, 2.75) is 26.7 Å². The van der Waals surface area contributed by atoms with Crippen LogP contribution in [0.4, 0.5) is 0 Å².